The number of carbonyl (C=O) groups excluding carboxylic acids is 2. The summed E-state index contributed by atoms with van der Waals surface area (Å²) in [6, 6.07) is 7.33. The smallest absolute Gasteiger partial charge is 0.272 e. The van der Waals surface area contributed by atoms with Crippen LogP contribution in [0.15, 0.2) is 42.9 Å². The molecular weight excluding hydrogens is 304 g/mol. The maximum absolute atomic E-state index is 12.5. The van der Waals surface area contributed by atoms with Crippen LogP contribution in [0.2, 0.25) is 0 Å². The molecule has 1 aliphatic rings. The molecule has 124 valence electrons. The molecule has 2 aromatic rings. The van der Waals surface area contributed by atoms with E-state index in [1.54, 1.807) is 36.5 Å². The zero-order valence-electron chi connectivity index (χ0n) is 13.6. The zero-order valence-corrected chi connectivity index (χ0v) is 13.6. The number of hydrogen-bond donors (Lipinski definition) is 1. The van der Waals surface area contributed by atoms with Crippen molar-refractivity contribution in [3.63, 3.8) is 0 Å². The minimum Gasteiger partial charge on any atom is -0.349 e. The van der Waals surface area contributed by atoms with Crippen molar-refractivity contribution in [1.82, 2.24) is 20.2 Å². The highest BCUT2D eigenvalue weighted by Crippen LogP contribution is 2.19. The summed E-state index contributed by atoms with van der Waals surface area (Å²) in [5.74, 6) is -0.335. The molecule has 2 amide bonds. The molecule has 0 aliphatic heterocycles. The second kappa shape index (κ2) is 7.21. The van der Waals surface area contributed by atoms with Gasteiger partial charge in [0.15, 0.2) is 0 Å². The molecule has 24 heavy (non-hydrogen) atoms. The minimum absolute atomic E-state index is 0.145. The van der Waals surface area contributed by atoms with Crippen molar-refractivity contribution in [3.05, 3.63) is 59.7 Å². The SMILES string of the molecule is CN(CCc1ccncc1)C(=O)c1cc(C(=O)NC2CC2)ccn1. The molecule has 0 saturated heterocycles. The molecule has 1 saturated carbocycles. The third kappa shape index (κ3) is 4.16. The van der Waals surface area contributed by atoms with E-state index in [0.717, 1.165) is 24.8 Å². The standard InChI is InChI=1S/C18H20N4O2/c1-22(11-7-13-4-8-19-9-5-13)18(24)16-12-14(6-10-20-16)17(23)21-15-2-3-15/h4-6,8-10,12,15H,2-3,7,11H2,1H3,(H,21,23). The van der Waals surface area contributed by atoms with Crippen molar-refractivity contribution < 1.29 is 9.59 Å². The van der Waals surface area contributed by atoms with Gasteiger partial charge in [0.2, 0.25) is 0 Å². The highest BCUT2D eigenvalue weighted by Gasteiger charge is 2.24. The van der Waals surface area contributed by atoms with Crippen LogP contribution in [0.4, 0.5) is 0 Å². The molecule has 2 heterocycles. The number of amides is 2. The quantitative estimate of drug-likeness (QED) is 0.877. The van der Waals surface area contributed by atoms with E-state index in [9.17, 15) is 9.59 Å². The Morgan fingerprint density at radius 3 is 2.67 bits per heavy atom. The molecule has 0 unspecified atom stereocenters. The Hall–Kier alpha value is -2.76. The van der Waals surface area contributed by atoms with Crippen LogP contribution in [0.3, 0.4) is 0 Å². The Morgan fingerprint density at radius 1 is 1.21 bits per heavy atom. The number of nitrogens with zero attached hydrogens (tertiary/aromatic N) is 3. The molecule has 1 fully saturated rings. The number of rotatable bonds is 6. The highest BCUT2D eigenvalue weighted by molar-refractivity contribution is 5.98. The Kier molecular flexibility index (Phi) is 4.84. The zero-order chi connectivity index (χ0) is 16.9. The molecule has 0 atom stereocenters. The van der Waals surface area contributed by atoms with Gasteiger partial charge in [-0.3, -0.25) is 19.6 Å². The van der Waals surface area contributed by atoms with Crippen molar-refractivity contribution >= 4 is 11.8 Å². The first-order valence-electron chi connectivity index (χ1n) is 8.05. The molecule has 0 radical (unpaired) electrons. The van der Waals surface area contributed by atoms with Gasteiger partial charge in [-0.05, 0) is 49.1 Å². The van der Waals surface area contributed by atoms with Gasteiger partial charge in [0.1, 0.15) is 5.69 Å². The summed E-state index contributed by atoms with van der Waals surface area (Å²) in [5.41, 5.74) is 1.88. The van der Waals surface area contributed by atoms with Crippen LogP contribution < -0.4 is 5.32 Å². The highest BCUT2D eigenvalue weighted by atomic mass is 16.2. The topological polar surface area (TPSA) is 75.2 Å². The molecule has 0 bridgehead atoms. The van der Waals surface area contributed by atoms with Crippen LogP contribution in [0.5, 0.6) is 0 Å². The number of carbonyl (C=O) groups is 2. The third-order valence-electron chi connectivity index (χ3n) is 3.99. The summed E-state index contributed by atoms with van der Waals surface area (Å²) in [6.45, 7) is 0.572. The van der Waals surface area contributed by atoms with Gasteiger partial charge < -0.3 is 10.2 Å². The van der Waals surface area contributed by atoms with E-state index >= 15 is 0 Å². The lowest BCUT2D eigenvalue weighted by atomic mass is 10.1. The maximum atomic E-state index is 12.5. The van der Waals surface area contributed by atoms with E-state index in [4.69, 9.17) is 0 Å². The molecule has 1 N–H and O–H groups in total. The molecule has 2 aromatic heterocycles. The monoisotopic (exact) mass is 324 g/mol. The number of hydrogen-bond acceptors (Lipinski definition) is 4. The van der Waals surface area contributed by atoms with E-state index in [2.05, 4.69) is 15.3 Å². The normalized spacial score (nSPS) is 13.4. The number of pyridine rings is 2. The Bertz CT molecular complexity index is 729. The molecule has 6 heteroatoms. The summed E-state index contributed by atoms with van der Waals surface area (Å²) < 4.78 is 0. The lowest BCUT2D eigenvalue weighted by Crippen LogP contribution is -2.30. The van der Waals surface area contributed by atoms with Gasteiger partial charge in [0.25, 0.3) is 11.8 Å². The van der Waals surface area contributed by atoms with Crippen LogP contribution in [0.25, 0.3) is 0 Å². The van der Waals surface area contributed by atoms with E-state index in [-0.39, 0.29) is 23.6 Å². The van der Waals surface area contributed by atoms with E-state index in [1.807, 2.05) is 12.1 Å². The predicted octanol–water partition coefficient (Wildman–Crippen LogP) is 1.68. The summed E-state index contributed by atoms with van der Waals surface area (Å²) in [5, 5.41) is 2.91. The number of nitrogens with one attached hydrogen (secondary N) is 1. The Morgan fingerprint density at radius 2 is 1.96 bits per heavy atom. The van der Waals surface area contributed by atoms with Crippen LogP contribution in [0, 0.1) is 0 Å². The first-order chi connectivity index (χ1) is 11.6. The molecule has 1 aliphatic carbocycles. The fourth-order valence-corrected chi connectivity index (χ4v) is 2.33. The van der Waals surface area contributed by atoms with E-state index in [1.165, 1.54) is 6.20 Å². The molecule has 3 rings (SSSR count). The third-order valence-corrected chi connectivity index (χ3v) is 3.99. The molecule has 0 aromatic carbocycles. The maximum Gasteiger partial charge on any atom is 0.272 e. The first-order valence-corrected chi connectivity index (χ1v) is 8.05. The lowest BCUT2D eigenvalue weighted by Gasteiger charge is -2.17. The van der Waals surface area contributed by atoms with Gasteiger partial charge in [-0.15, -0.1) is 0 Å². The fraction of sp³-hybridized carbons (Fsp3) is 0.333. The van der Waals surface area contributed by atoms with Gasteiger partial charge >= 0.3 is 0 Å². The van der Waals surface area contributed by atoms with Crippen LogP contribution >= 0.6 is 0 Å². The average Bonchev–Trinajstić information content (AvgIpc) is 3.44. The van der Waals surface area contributed by atoms with Crippen molar-refractivity contribution in [2.75, 3.05) is 13.6 Å². The van der Waals surface area contributed by atoms with Crippen molar-refractivity contribution in [2.24, 2.45) is 0 Å². The van der Waals surface area contributed by atoms with Gasteiger partial charge in [0.05, 0.1) is 0 Å². The van der Waals surface area contributed by atoms with Crippen molar-refractivity contribution in [1.29, 1.82) is 0 Å². The van der Waals surface area contributed by atoms with Crippen LogP contribution in [-0.2, 0) is 6.42 Å². The van der Waals surface area contributed by atoms with Crippen molar-refractivity contribution in [3.8, 4) is 0 Å². The van der Waals surface area contributed by atoms with Gasteiger partial charge in [-0.2, -0.15) is 0 Å². The largest absolute Gasteiger partial charge is 0.349 e. The molecular formula is C18H20N4O2. The minimum atomic E-state index is -0.190. The van der Waals surface area contributed by atoms with Crippen LogP contribution in [0.1, 0.15) is 39.3 Å². The summed E-state index contributed by atoms with van der Waals surface area (Å²) in [7, 11) is 1.74. The van der Waals surface area contributed by atoms with E-state index < -0.39 is 0 Å². The molecule has 6 nitrogen and oxygen atoms in total. The van der Waals surface area contributed by atoms with Crippen LogP contribution in [-0.4, -0.2) is 46.3 Å². The number of aromatic nitrogens is 2. The van der Waals surface area contributed by atoms with Gasteiger partial charge in [0, 0.05) is 43.8 Å². The summed E-state index contributed by atoms with van der Waals surface area (Å²) >= 11 is 0. The predicted molar refractivity (Wildman–Crippen MR) is 89.6 cm³/mol. The number of likely N-dealkylation sites (N-methyl/N-ethyl adjacent to an activating group) is 1. The Balaban J connectivity index is 1.62. The Labute approximate surface area is 140 Å². The van der Waals surface area contributed by atoms with E-state index in [0.29, 0.717) is 12.1 Å². The average molecular weight is 324 g/mol. The molecule has 0 spiro atoms. The second-order valence-corrected chi connectivity index (χ2v) is 6.01. The van der Waals surface area contributed by atoms with Gasteiger partial charge in [-0.1, -0.05) is 0 Å². The summed E-state index contributed by atoms with van der Waals surface area (Å²) in [4.78, 5) is 34.3. The summed E-state index contributed by atoms with van der Waals surface area (Å²) in [6.07, 6.45) is 7.78. The second-order valence-electron chi connectivity index (χ2n) is 6.01. The lowest BCUT2D eigenvalue weighted by molar-refractivity contribution is 0.0791. The first kappa shape index (κ1) is 16.1. The van der Waals surface area contributed by atoms with Gasteiger partial charge in [-0.25, -0.2) is 0 Å². The van der Waals surface area contributed by atoms with Crippen molar-refractivity contribution in [2.45, 2.75) is 25.3 Å². The fourth-order valence-electron chi connectivity index (χ4n) is 2.33.